The second-order valence-electron chi connectivity index (χ2n) is 4.02. The summed E-state index contributed by atoms with van der Waals surface area (Å²) < 4.78 is 1.85. The molecule has 0 saturated heterocycles. The fourth-order valence-corrected chi connectivity index (χ4v) is 2.38. The SMILES string of the molecule is CCSc1ccc(Cn2cc(CCN)nn2)cc1. The van der Waals surface area contributed by atoms with Crippen LogP contribution in [0.4, 0.5) is 0 Å². The molecule has 0 aliphatic heterocycles. The van der Waals surface area contributed by atoms with Gasteiger partial charge in [0.15, 0.2) is 0 Å². The summed E-state index contributed by atoms with van der Waals surface area (Å²) in [5.74, 6) is 1.10. The van der Waals surface area contributed by atoms with Gasteiger partial charge in [0.1, 0.15) is 0 Å². The first kappa shape index (κ1) is 13.1. The highest BCUT2D eigenvalue weighted by Crippen LogP contribution is 2.18. The fraction of sp³-hybridized carbons (Fsp3) is 0.385. The average Bonchev–Trinajstić information content (AvgIpc) is 2.80. The molecule has 0 saturated carbocycles. The van der Waals surface area contributed by atoms with Crippen molar-refractivity contribution in [3.8, 4) is 0 Å². The van der Waals surface area contributed by atoms with Crippen molar-refractivity contribution < 1.29 is 0 Å². The van der Waals surface area contributed by atoms with Crippen molar-refractivity contribution in [2.24, 2.45) is 5.73 Å². The van der Waals surface area contributed by atoms with E-state index >= 15 is 0 Å². The summed E-state index contributed by atoms with van der Waals surface area (Å²) in [6, 6.07) is 8.59. The van der Waals surface area contributed by atoms with Crippen LogP contribution >= 0.6 is 11.8 Å². The summed E-state index contributed by atoms with van der Waals surface area (Å²) in [7, 11) is 0. The largest absolute Gasteiger partial charge is 0.330 e. The van der Waals surface area contributed by atoms with E-state index in [-0.39, 0.29) is 0 Å². The van der Waals surface area contributed by atoms with E-state index in [4.69, 9.17) is 5.73 Å². The molecule has 2 N–H and O–H groups in total. The summed E-state index contributed by atoms with van der Waals surface area (Å²) in [5, 5.41) is 8.17. The van der Waals surface area contributed by atoms with Gasteiger partial charge < -0.3 is 5.73 Å². The van der Waals surface area contributed by atoms with E-state index in [1.807, 2.05) is 22.6 Å². The van der Waals surface area contributed by atoms with Gasteiger partial charge in [0.25, 0.3) is 0 Å². The van der Waals surface area contributed by atoms with Crippen molar-refractivity contribution in [2.45, 2.75) is 24.8 Å². The van der Waals surface area contributed by atoms with Crippen molar-refractivity contribution in [3.05, 3.63) is 41.7 Å². The minimum Gasteiger partial charge on any atom is -0.330 e. The lowest BCUT2D eigenvalue weighted by Gasteiger charge is -2.02. The van der Waals surface area contributed by atoms with Gasteiger partial charge in [-0.05, 0) is 30.0 Å². The topological polar surface area (TPSA) is 56.7 Å². The first-order valence-electron chi connectivity index (χ1n) is 6.12. The Morgan fingerprint density at radius 2 is 2.06 bits per heavy atom. The van der Waals surface area contributed by atoms with Crippen LogP contribution in [0.2, 0.25) is 0 Å². The molecule has 1 aromatic carbocycles. The Balaban J connectivity index is 1.99. The molecule has 1 aromatic heterocycles. The van der Waals surface area contributed by atoms with E-state index in [0.717, 1.165) is 24.4 Å². The normalized spacial score (nSPS) is 10.8. The first-order valence-corrected chi connectivity index (χ1v) is 7.11. The van der Waals surface area contributed by atoms with Crippen molar-refractivity contribution in [1.29, 1.82) is 0 Å². The van der Waals surface area contributed by atoms with Crippen LogP contribution in [0.1, 0.15) is 18.2 Å². The quantitative estimate of drug-likeness (QED) is 0.808. The molecule has 1 heterocycles. The summed E-state index contributed by atoms with van der Waals surface area (Å²) in [6.07, 6.45) is 2.74. The smallest absolute Gasteiger partial charge is 0.0839 e. The van der Waals surface area contributed by atoms with Gasteiger partial charge in [0, 0.05) is 17.5 Å². The van der Waals surface area contributed by atoms with Crippen LogP contribution in [0.3, 0.4) is 0 Å². The van der Waals surface area contributed by atoms with Gasteiger partial charge in [0.2, 0.25) is 0 Å². The van der Waals surface area contributed by atoms with E-state index in [1.165, 1.54) is 10.5 Å². The van der Waals surface area contributed by atoms with Gasteiger partial charge in [0.05, 0.1) is 12.2 Å². The number of nitrogens with zero attached hydrogens (tertiary/aromatic N) is 3. The molecule has 0 spiro atoms. The van der Waals surface area contributed by atoms with Gasteiger partial charge in [-0.15, -0.1) is 16.9 Å². The molecule has 2 aromatic rings. The standard InChI is InChI=1S/C13H18N4S/c1-2-18-13-5-3-11(4-6-13)9-17-10-12(7-8-14)15-16-17/h3-6,10H,2,7-9,14H2,1H3. The van der Waals surface area contributed by atoms with Crippen LogP contribution < -0.4 is 5.73 Å². The van der Waals surface area contributed by atoms with E-state index in [0.29, 0.717) is 6.54 Å². The second-order valence-corrected chi connectivity index (χ2v) is 5.36. The highest BCUT2D eigenvalue weighted by atomic mass is 32.2. The number of hydrogen-bond acceptors (Lipinski definition) is 4. The monoisotopic (exact) mass is 262 g/mol. The number of thioether (sulfide) groups is 1. The summed E-state index contributed by atoms with van der Waals surface area (Å²) in [5.41, 5.74) is 7.68. The number of aromatic nitrogens is 3. The van der Waals surface area contributed by atoms with Crippen molar-refractivity contribution in [3.63, 3.8) is 0 Å². The highest BCUT2D eigenvalue weighted by molar-refractivity contribution is 7.99. The van der Waals surface area contributed by atoms with Crippen LogP contribution in [-0.4, -0.2) is 27.3 Å². The van der Waals surface area contributed by atoms with Crippen LogP contribution in [0.15, 0.2) is 35.4 Å². The Morgan fingerprint density at radius 3 is 2.72 bits per heavy atom. The van der Waals surface area contributed by atoms with E-state index < -0.39 is 0 Å². The number of hydrogen-bond donors (Lipinski definition) is 1. The Kier molecular flexibility index (Phi) is 4.78. The Labute approximate surface area is 112 Å². The van der Waals surface area contributed by atoms with Crippen molar-refractivity contribution in [1.82, 2.24) is 15.0 Å². The van der Waals surface area contributed by atoms with Gasteiger partial charge in [-0.2, -0.15) is 0 Å². The molecule has 2 rings (SSSR count). The molecule has 18 heavy (non-hydrogen) atoms. The predicted molar refractivity (Wildman–Crippen MR) is 74.7 cm³/mol. The lowest BCUT2D eigenvalue weighted by Crippen LogP contribution is -2.02. The van der Waals surface area contributed by atoms with Crippen LogP contribution in [0.5, 0.6) is 0 Å². The van der Waals surface area contributed by atoms with Gasteiger partial charge in [-0.25, -0.2) is 4.68 Å². The molecule has 0 radical (unpaired) electrons. The van der Waals surface area contributed by atoms with Gasteiger partial charge in [-0.1, -0.05) is 24.3 Å². The maximum absolute atomic E-state index is 5.49. The van der Waals surface area contributed by atoms with E-state index in [1.54, 1.807) is 0 Å². The third kappa shape index (κ3) is 3.58. The molecular formula is C13H18N4S. The summed E-state index contributed by atoms with van der Waals surface area (Å²) in [4.78, 5) is 1.31. The molecule has 0 fully saturated rings. The predicted octanol–water partition coefficient (Wildman–Crippen LogP) is 1.94. The highest BCUT2D eigenvalue weighted by Gasteiger charge is 2.01. The Hall–Kier alpha value is -1.33. The van der Waals surface area contributed by atoms with Crippen LogP contribution in [-0.2, 0) is 13.0 Å². The number of benzene rings is 1. The molecule has 96 valence electrons. The minimum absolute atomic E-state index is 0.613. The Bertz CT molecular complexity index is 478. The molecule has 4 nitrogen and oxygen atoms in total. The van der Waals surface area contributed by atoms with E-state index in [2.05, 4.69) is 41.5 Å². The average molecular weight is 262 g/mol. The molecule has 0 amide bonds. The molecule has 0 aliphatic rings. The zero-order valence-electron chi connectivity index (χ0n) is 10.5. The number of nitrogens with two attached hydrogens (primary N) is 1. The molecule has 0 aliphatic carbocycles. The van der Waals surface area contributed by atoms with E-state index in [9.17, 15) is 0 Å². The zero-order chi connectivity index (χ0) is 12.8. The molecule has 0 atom stereocenters. The third-order valence-electron chi connectivity index (χ3n) is 2.57. The second kappa shape index (κ2) is 6.56. The Morgan fingerprint density at radius 1 is 1.28 bits per heavy atom. The van der Waals surface area contributed by atoms with Gasteiger partial charge in [-0.3, -0.25) is 0 Å². The third-order valence-corrected chi connectivity index (χ3v) is 3.46. The van der Waals surface area contributed by atoms with Crippen molar-refractivity contribution in [2.75, 3.05) is 12.3 Å². The summed E-state index contributed by atoms with van der Waals surface area (Å²) >= 11 is 1.85. The lowest BCUT2D eigenvalue weighted by molar-refractivity contribution is 0.649. The fourth-order valence-electron chi connectivity index (χ4n) is 1.72. The molecule has 0 bridgehead atoms. The molecule has 0 unspecified atom stereocenters. The minimum atomic E-state index is 0.613. The zero-order valence-corrected chi connectivity index (χ0v) is 11.4. The molecular weight excluding hydrogens is 244 g/mol. The number of rotatable bonds is 6. The molecule has 5 heteroatoms. The lowest BCUT2D eigenvalue weighted by atomic mass is 10.2. The maximum Gasteiger partial charge on any atom is 0.0839 e. The maximum atomic E-state index is 5.49. The van der Waals surface area contributed by atoms with Gasteiger partial charge >= 0.3 is 0 Å². The first-order chi connectivity index (χ1) is 8.81. The summed E-state index contributed by atoms with van der Waals surface area (Å²) in [6.45, 7) is 3.53. The van der Waals surface area contributed by atoms with Crippen LogP contribution in [0, 0.1) is 0 Å². The van der Waals surface area contributed by atoms with Crippen LogP contribution in [0.25, 0.3) is 0 Å². The van der Waals surface area contributed by atoms with Crippen molar-refractivity contribution >= 4 is 11.8 Å².